The van der Waals surface area contributed by atoms with Crippen LogP contribution in [0, 0.1) is 0 Å². The monoisotopic (exact) mass is 286 g/mol. The lowest BCUT2D eigenvalue weighted by Crippen LogP contribution is -2.42. The van der Waals surface area contributed by atoms with E-state index >= 15 is 0 Å². The Morgan fingerprint density at radius 2 is 2.00 bits per heavy atom. The van der Waals surface area contributed by atoms with E-state index in [0.717, 1.165) is 25.1 Å². The van der Waals surface area contributed by atoms with Crippen LogP contribution in [-0.2, 0) is 17.8 Å². The summed E-state index contributed by atoms with van der Waals surface area (Å²) in [7, 11) is 0. The Morgan fingerprint density at radius 3 is 2.71 bits per heavy atom. The second-order valence-electron chi connectivity index (χ2n) is 5.06. The van der Waals surface area contributed by atoms with Crippen molar-refractivity contribution in [3.05, 3.63) is 60.1 Å². The Labute approximate surface area is 125 Å². The Hall–Kier alpha value is -2.07. The predicted molar refractivity (Wildman–Crippen MR) is 82.8 cm³/mol. The van der Waals surface area contributed by atoms with Gasteiger partial charge in [0, 0.05) is 0 Å². The fraction of sp³-hybridized carbons (Fsp3) is 0.353. The lowest BCUT2D eigenvalue weighted by Gasteiger charge is -2.13. The van der Waals surface area contributed by atoms with Gasteiger partial charge >= 0.3 is 0 Å². The molecule has 1 aromatic heterocycles. The Balaban J connectivity index is 1.60. The standard InChI is InChI=1S/C17H22N2O2/c1-14(17(20)19-13-16-10-6-12-21-16)18-11-5-9-15-7-3-2-4-8-15/h2-4,6-8,10,12,14,18H,5,9,11,13H2,1H3,(H,19,20). The van der Waals surface area contributed by atoms with Crippen molar-refractivity contribution in [3.63, 3.8) is 0 Å². The number of amides is 1. The third-order valence-electron chi connectivity index (χ3n) is 3.35. The summed E-state index contributed by atoms with van der Waals surface area (Å²) in [6.07, 6.45) is 3.64. The summed E-state index contributed by atoms with van der Waals surface area (Å²) < 4.78 is 5.18. The van der Waals surface area contributed by atoms with Crippen molar-refractivity contribution in [2.75, 3.05) is 6.54 Å². The molecule has 1 unspecified atom stereocenters. The first-order valence-electron chi connectivity index (χ1n) is 7.33. The Kier molecular flexibility index (Phi) is 6.03. The Morgan fingerprint density at radius 1 is 1.19 bits per heavy atom. The van der Waals surface area contributed by atoms with Crippen LogP contribution in [0.2, 0.25) is 0 Å². The van der Waals surface area contributed by atoms with E-state index < -0.39 is 0 Å². The molecule has 2 N–H and O–H groups in total. The maximum atomic E-state index is 11.9. The molecule has 0 aliphatic carbocycles. The fourth-order valence-electron chi connectivity index (χ4n) is 2.09. The maximum Gasteiger partial charge on any atom is 0.237 e. The summed E-state index contributed by atoms with van der Waals surface area (Å²) in [5.74, 6) is 0.755. The van der Waals surface area contributed by atoms with Crippen LogP contribution >= 0.6 is 0 Å². The van der Waals surface area contributed by atoms with E-state index in [2.05, 4.69) is 22.8 Å². The molecule has 0 radical (unpaired) electrons. The van der Waals surface area contributed by atoms with Gasteiger partial charge in [-0.2, -0.15) is 0 Å². The van der Waals surface area contributed by atoms with E-state index in [0.29, 0.717) is 6.54 Å². The first-order valence-corrected chi connectivity index (χ1v) is 7.33. The summed E-state index contributed by atoms with van der Waals surface area (Å²) in [6, 6.07) is 13.8. The van der Waals surface area contributed by atoms with Crippen molar-refractivity contribution in [3.8, 4) is 0 Å². The molecule has 0 aliphatic heterocycles. The number of carbonyl (C=O) groups excluding carboxylic acids is 1. The van der Waals surface area contributed by atoms with Gasteiger partial charge in [0.25, 0.3) is 0 Å². The normalized spacial score (nSPS) is 12.0. The summed E-state index contributed by atoms with van der Waals surface area (Å²) in [6.45, 7) is 3.13. The first kappa shape index (κ1) is 15.3. The zero-order valence-corrected chi connectivity index (χ0v) is 12.3. The van der Waals surface area contributed by atoms with Crippen LogP contribution in [0.3, 0.4) is 0 Å². The molecule has 0 saturated heterocycles. The van der Waals surface area contributed by atoms with Gasteiger partial charge in [-0.15, -0.1) is 0 Å². The minimum absolute atomic E-state index is 0.00823. The number of hydrogen-bond acceptors (Lipinski definition) is 3. The van der Waals surface area contributed by atoms with Crippen molar-refractivity contribution in [2.24, 2.45) is 0 Å². The topological polar surface area (TPSA) is 54.3 Å². The third-order valence-corrected chi connectivity index (χ3v) is 3.35. The highest BCUT2D eigenvalue weighted by Gasteiger charge is 2.11. The van der Waals surface area contributed by atoms with E-state index in [1.54, 1.807) is 6.26 Å². The quantitative estimate of drug-likeness (QED) is 0.733. The summed E-state index contributed by atoms with van der Waals surface area (Å²) in [5, 5.41) is 6.09. The molecule has 0 fully saturated rings. The molecule has 4 nitrogen and oxygen atoms in total. The zero-order valence-electron chi connectivity index (χ0n) is 12.3. The van der Waals surface area contributed by atoms with Crippen LogP contribution in [0.25, 0.3) is 0 Å². The highest BCUT2D eigenvalue weighted by molar-refractivity contribution is 5.81. The van der Waals surface area contributed by atoms with Gasteiger partial charge in [0.05, 0.1) is 18.8 Å². The predicted octanol–water partition coefficient (Wildman–Crippen LogP) is 2.51. The van der Waals surface area contributed by atoms with E-state index in [1.807, 2.05) is 37.3 Å². The molecule has 112 valence electrons. The van der Waals surface area contributed by atoms with E-state index in [1.165, 1.54) is 5.56 Å². The van der Waals surface area contributed by atoms with Gasteiger partial charge in [-0.05, 0) is 44.0 Å². The zero-order chi connectivity index (χ0) is 14.9. The fourth-order valence-corrected chi connectivity index (χ4v) is 2.09. The van der Waals surface area contributed by atoms with Crippen LogP contribution in [0.1, 0.15) is 24.7 Å². The van der Waals surface area contributed by atoms with Crippen molar-refractivity contribution in [1.82, 2.24) is 10.6 Å². The third kappa shape index (κ3) is 5.44. The second-order valence-corrected chi connectivity index (χ2v) is 5.06. The van der Waals surface area contributed by atoms with E-state index in [4.69, 9.17) is 4.42 Å². The van der Waals surface area contributed by atoms with Crippen LogP contribution in [0.4, 0.5) is 0 Å². The molecule has 1 aromatic carbocycles. The highest BCUT2D eigenvalue weighted by atomic mass is 16.3. The molecule has 0 saturated carbocycles. The number of aryl methyl sites for hydroxylation is 1. The van der Waals surface area contributed by atoms with E-state index in [9.17, 15) is 4.79 Å². The van der Waals surface area contributed by atoms with Gasteiger partial charge in [-0.25, -0.2) is 0 Å². The molecule has 1 amide bonds. The van der Waals surface area contributed by atoms with Crippen LogP contribution < -0.4 is 10.6 Å². The van der Waals surface area contributed by atoms with Crippen LogP contribution in [0.15, 0.2) is 53.1 Å². The Bertz CT molecular complexity index is 523. The first-order chi connectivity index (χ1) is 10.3. The smallest absolute Gasteiger partial charge is 0.237 e. The minimum Gasteiger partial charge on any atom is -0.467 e. The van der Waals surface area contributed by atoms with Gasteiger partial charge in [-0.1, -0.05) is 30.3 Å². The summed E-state index contributed by atoms with van der Waals surface area (Å²) in [4.78, 5) is 11.9. The van der Waals surface area contributed by atoms with Crippen LogP contribution in [-0.4, -0.2) is 18.5 Å². The van der Waals surface area contributed by atoms with Gasteiger partial charge in [0.2, 0.25) is 5.91 Å². The number of hydrogen-bond donors (Lipinski definition) is 2. The molecule has 0 bridgehead atoms. The molecular weight excluding hydrogens is 264 g/mol. The molecular formula is C17H22N2O2. The largest absolute Gasteiger partial charge is 0.467 e. The number of nitrogens with one attached hydrogen (secondary N) is 2. The van der Waals surface area contributed by atoms with Gasteiger partial charge < -0.3 is 15.1 Å². The molecule has 0 spiro atoms. The van der Waals surface area contributed by atoms with Crippen molar-refractivity contribution in [1.29, 1.82) is 0 Å². The molecule has 21 heavy (non-hydrogen) atoms. The van der Waals surface area contributed by atoms with E-state index in [-0.39, 0.29) is 11.9 Å². The maximum absolute atomic E-state index is 11.9. The van der Waals surface area contributed by atoms with Crippen molar-refractivity contribution >= 4 is 5.91 Å². The summed E-state index contributed by atoms with van der Waals surface area (Å²) in [5.41, 5.74) is 1.33. The minimum atomic E-state index is -0.198. The van der Waals surface area contributed by atoms with Crippen molar-refractivity contribution < 1.29 is 9.21 Å². The average molecular weight is 286 g/mol. The number of rotatable bonds is 8. The van der Waals surface area contributed by atoms with Gasteiger partial charge in [-0.3, -0.25) is 4.79 Å². The molecule has 1 heterocycles. The van der Waals surface area contributed by atoms with Crippen molar-refractivity contribution in [2.45, 2.75) is 32.4 Å². The molecule has 1 atom stereocenters. The SMILES string of the molecule is CC(NCCCc1ccccc1)C(=O)NCc1ccco1. The molecule has 0 aliphatic rings. The molecule has 4 heteroatoms. The number of carbonyl (C=O) groups is 1. The lowest BCUT2D eigenvalue weighted by molar-refractivity contribution is -0.123. The molecule has 2 rings (SSSR count). The number of furan rings is 1. The van der Waals surface area contributed by atoms with Crippen LogP contribution in [0.5, 0.6) is 0 Å². The molecule has 2 aromatic rings. The lowest BCUT2D eigenvalue weighted by atomic mass is 10.1. The summed E-state index contributed by atoms with van der Waals surface area (Å²) >= 11 is 0. The average Bonchev–Trinajstić information content (AvgIpc) is 3.03. The van der Waals surface area contributed by atoms with Gasteiger partial charge in [0.15, 0.2) is 0 Å². The van der Waals surface area contributed by atoms with Gasteiger partial charge in [0.1, 0.15) is 5.76 Å². The highest BCUT2D eigenvalue weighted by Crippen LogP contribution is 2.02. The second kappa shape index (κ2) is 8.27. The number of benzene rings is 1.